The molecule has 0 fully saturated rings. The summed E-state index contributed by atoms with van der Waals surface area (Å²) in [5.74, 6) is -0.402. The Morgan fingerprint density at radius 1 is 1.47 bits per heavy atom. The van der Waals surface area contributed by atoms with Gasteiger partial charge in [-0.25, -0.2) is 13.1 Å². The lowest BCUT2D eigenvalue weighted by Crippen LogP contribution is -2.36. The van der Waals surface area contributed by atoms with E-state index in [1.165, 1.54) is 6.07 Å². The lowest BCUT2D eigenvalue weighted by molar-refractivity contribution is -0.121. The van der Waals surface area contributed by atoms with Gasteiger partial charge < -0.3 is 15.5 Å². The van der Waals surface area contributed by atoms with Gasteiger partial charge in [-0.15, -0.1) is 11.3 Å². The van der Waals surface area contributed by atoms with Crippen LogP contribution in [-0.4, -0.2) is 50.3 Å². The highest BCUT2D eigenvalue weighted by Crippen LogP contribution is 2.14. The number of aliphatic hydroxyl groups excluding tert-OH is 2. The predicted molar refractivity (Wildman–Crippen MR) is 70.2 cm³/mol. The van der Waals surface area contributed by atoms with Gasteiger partial charge >= 0.3 is 0 Å². The van der Waals surface area contributed by atoms with E-state index < -0.39 is 28.6 Å². The van der Waals surface area contributed by atoms with Crippen molar-refractivity contribution in [3.63, 3.8) is 0 Å². The van der Waals surface area contributed by atoms with Crippen molar-refractivity contribution in [1.29, 1.82) is 0 Å². The fourth-order valence-corrected chi connectivity index (χ4v) is 3.24. The lowest BCUT2D eigenvalue weighted by Gasteiger charge is -2.09. The SMILES string of the molecule is O=C(CCNS(=O)(=O)c1cccs1)NCC(O)CO. The van der Waals surface area contributed by atoms with Gasteiger partial charge in [-0.3, -0.25) is 4.79 Å². The summed E-state index contributed by atoms with van der Waals surface area (Å²) in [6.45, 7) is -0.528. The summed E-state index contributed by atoms with van der Waals surface area (Å²) in [6, 6.07) is 3.10. The molecular weight excluding hydrogens is 292 g/mol. The van der Waals surface area contributed by atoms with Gasteiger partial charge in [0, 0.05) is 19.5 Å². The Kier molecular flexibility index (Phi) is 6.38. The van der Waals surface area contributed by atoms with Gasteiger partial charge in [0.15, 0.2) is 0 Å². The molecule has 108 valence electrons. The summed E-state index contributed by atoms with van der Waals surface area (Å²) in [6.07, 6.45) is -1.05. The van der Waals surface area contributed by atoms with Crippen molar-refractivity contribution in [2.45, 2.75) is 16.7 Å². The molecule has 1 rings (SSSR count). The van der Waals surface area contributed by atoms with Gasteiger partial charge in [-0.05, 0) is 11.4 Å². The fraction of sp³-hybridized carbons (Fsp3) is 0.500. The molecule has 0 saturated heterocycles. The summed E-state index contributed by atoms with van der Waals surface area (Å²) in [4.78, 5) is 11.3. The highest BCUT2D eigenvalue weighted by molar-refractivity contribution is 7.91. The first-order valence-corrected chi connectivity index (χ1v) is 7.91. The molecule has 4 N–H and O–H groups in total. The monoisotopic (exact) mass is 308 g/mol. The van der Waals surface area contributed by atoms with E-state index in [4.69, 9.17) is 10.2 Å². The number of sulfonamides is 1. The Bertz CT molecular complexity index is 486. The van der Waals surface area contributed by atoms with Crippen LogP contribution in [0, 0.1) is 0 Å². The van der Waals surface area contributed by atoms with E-state index in [1.54, 1.807) is 11.4 Å². The maximum Gasteiger partial charge on any atom is 0.250 e. The Labute approximate surface area is 115 Å². The van der Waals surface area contributed by atoms with Crippen molar-refractivity contribution in [3.05, 3.63) is 17.5 Å². The molecule has 0 aliphatic carbocycles. The molecule has 0 aromatic carbocycles. The Balaban J connectivity index is 2.29. The maximum atomic E-state index is 11.7. The summed E-state index contributed by atoms with van der Waals surface area (Å²) >= 11 is 1.09. The van der Waals surface area contributed by atoms with E-state index in [1.807, 2.05) is 0 Å². The fourth-order valence-electron chi connectivity index (χ4n) is 1.17. The molecular formula is C10H16N2O5S2. The second-order valence-electron chi connectivity index (χ2n) is 3.72. The van der Waals surface area contributed by atoms with Crippen molar-refractivity contribution in [2.75, 3.05) is 19.7 Å². The molecule has 1 amide bonds. The van der Waals surface area contributed by atoms with Gasteiger partial charge in [-0.1, -0.05) is 6.07 Å². The van der Waals surface area contributed by atoms with E-state index in [0.717, 1.165) is 11.3 Å². The van der Waals surface area contributed by atoms with E-state index in [0.29, 0.717) is 0 Å². The van der Waals surface area contributed by atoms with Crippen LogP contribution in [0.5, 0.6) is 0 Å². The van der Waals surface area contributed by atoms with Gasteiger partial charge in [-0.2, -0.15) is 0 Å². The Hall–Kier alpha value is -1.00. The third-order valence-corrected chi connectivity index (χ3v) is 5.01. The van der Waals surface area contributed by atoms with E-state index in [9.17, 15) is 13.2 Å². The largest absolute Gasteiger partial charge is 0.394 e. The van der Waals surface area contributed by atoms with Crippen LogP contribution < -0.4 is 10.0 Å². The highest BCUT2D eigenvalue weighted by Gasteiger charge is 2.15. The van der Waals surface area contributed by atoms with Gasteiger partial charge in [0.2, 0.25) is 15.9 Å². The van der Waals surface area contributed by atoms with E-state index in [-0.39, 0.29) is 23.7 Å². The molecule has 1 atom stereocenters. The van der Waals surface area contributed by atoms with Crippen LogP contribution in [0.2, 0.25) is 0 Å². The van der Waals surface area contributed by atoms with Gasteiger partial charge in [0.1, 0.15) is 4.21 Å². The molecule has 1 aromatic heterocycles. The molecule has 9 heteroatoms. The van der Waals surface area contributed by atoms with Crippen LogP contribution in [-0.2, 0) is 14.8 Å². The predicted octanol–water partition coefficient (Wildman–Crippen LogP) is -1.11. The van der Waals surface area contributed by atoms with Gasteiger partial charge in [0.05, 0.1) is 12.7 Å². The molecule has 0 radical (unpaired) electrons. The number of thiophene rings is 1. The topological polar surface area (TPSA) is 116 Å². The Morgan fingerprint density at radius 2 is 2.21 bits per heavy atom. The number of aliphatic hydroxyl groups is 2. The zero-order valence-electron chi connectivity index (χ0n) is 10.1. The van der Waals surface area contributed by atoms with Crippen LogP contribution in [0.4, 0.5) is 0 Å². The molecule has 1 aromatic rings. The molecule has 19 heavy (non-hydrogen) atoms. The first-order chi connectivity index (χ1) is 8.95. The highest BCUT2D eigenvalue weighted by atomic mass is 32.2. The van der Waals surface area contributed by atoms with Crippen LogP contribution >= 0.6 is 11.3 Å². The van der Waals surface area contributed by atoms with Crippen molar-refractivity contribution >= 4 is 27.3 Å². The Morgan fingerprint density at radius 3 is 2.79 bits per heavy atom. The third-order valence-electron chi connectivity index (χ3n) is 2.15. The van der Waals surface area contributed by atoms with Crippen molar-refractivity contribution < 1.29 is 23.4 Å². The smallest absolute Gasteiger partial charge is 0.250 e. The van der Waals surface area contributed by atoms with E-state index >= 15 is 0 Å². The summed E-state index contributed by atoms with van der Waals surface area (Å²) in [7, 11) is -3.55. The average Bonchev–Trinajstić information content (AvgIpc) is 2.90. The third kappa shape index (κ3) is 5.66. The molecule has 7 nitrogen and oxygen atoms in total. The summed E-state index contributed by atoms with van der Waals surface area (Å²) < 4.78 is 25.9. The number of amides is 1. The molecule has 0 saturated carbocycles. The first-order valence-electron chi connectivity index (χ1n) is 5.54. The maximum absolute atomic E-state index is 11.7. The summed E-state index contributed by atoms with van der Waals surface area (Å²) in [5, 5.41) is 21.6. The first kappa shape index (κ1) is 16.1. The minimum atomic E-state index is -3.55. The molecule has 0 aliphatic heterocycles. The van der Waals surface area contributed by atoms with Crippen LogP contribution in [0.15, 0.2) is 21.7 Å². The molecule has 0 bridgehead atoms. The number of nitrogens with one attached hydrogen (secondary N) is 2. The quantitative estimate of drug-likeness (QED) is 0.486. The van der Waals surface area contributed by atoms with Crippen LogP contribution in [0.25, 0.3) is 0 Å². The van der Waals surface area contributed by atoms with E-state index in [2.05, 4.69) is 10.0 Å². The average molecular weight is 308 g/mol. The standard InChI is InChI=1S/C10H16N2O5S2/c13-7-8(14)6-11-9(15)3-4-12-19(16,17)10-2-1-5-18-10/h1-2,5,8,12-14H,3-4,6-7H2,(H,11,15). The lowest BCUT2D eigenvalue weighted by atomic mass is 10.3. The van der Waals surface area contributed by atoms with Crippen molar-refractivity contribution in [1.82, 2.24) is 10.0 Å². The zero-order valence-corrected chi connectivity index (χ0v) is 11.7. The van der Waals surface area contributed by atoms with Crippen LogP contribution in [0.1, 0.15) is 6.42 Å². The van der Waals surface area contributed by atoms with Crippen molar-refractivity contribution in [2.24, 2.45) is 0 Å². The second-order valence-corrected chi connectivity index (χ2v) is 6.66. The number of hydrogen-bond donors (Lipinski definition) is 4. The number of carbonyl (C=O) groups excluding carboxylic acids is 1. The van der Waals surface area contributed by atoms with Crippen molar-refractivity contribution in [3.8, 4) is 0 Å². The van der Waals surface area contributed by atoms with Crippen LogP contribution in [0.3, 0.4) is 0 Å². The van der Waals surface area contributed by atoms with Gasteiger partial charge in [0.25, 0.3) is 0 Å². The number of carbonyl (C=O) groups is 1. The normalized spacial score (nSPS) is 13.2. The number of hydrogen-bond acceptors (Lipinski definition) is 6. The molecule has 0 spiro atoms. The second kappa shape index (κ2) is 7.56. The molecule has 1 heterocycles. The minimum Gasteiger partial charge on any atom is -0.394 e. The zero-order chi connectivity index (χ0) is 14.3. The summed E-state index contributed by atoms with van der Waals surface area (Å²) in [5.41, 5.74) is 0. The minimum absolute atomic E-state index is 0.0265. The molecule has 1 unspecified atom stereocenters. The number of rotatable bonds is 8. The molecule has 0 aliphatic rings.